The molecular weight excluding hydrogens is 551 g/mol. The second-order valence-corrected chi connectivity index (χ2v) is 10.2. The van der Waals surface area contributed by atoms with Crippen LogP contribution in [0.15, 0.2) is 59.0 Å². The lowest BCUT2D eigenvalue weighted by Crippen LogP contribution is -2.26. The third-order valence-corrected chi connectivity index (χ3v) is 7.43. The number of nitro benzene ring substituents is 1. The third kappa shape index (κ3) is 5.17. The van der Waals surface area contributed by atoms with Crippen LogP contribution in [-0.4, -0.2) is 26.6 Å². The molecular formula is C27H22F3N3O6S. The minimum Gasteiger partial charge on any atom is -0.455 e. The van der Waals surface area contributed by atoms with Crippen LogP contribution in [0.5, 0.6) is 0 Å². The van der Waals surface area contributed by atoms with E-state index < -0.39 is 45.6 Å². The van der Waals surface area contributed by atoms with Gasteiger partial charge in [0.2, 0.25) is 0 Å². The normalized spacial score (nSPS) is 13.9. The zero-order valence-electron chi connectivity index (χ0n) is 20.9. The lowest BCUT2D eigenvalue weighted by molar-refractivity contribution is -0.386. The zero-order chi connectivity index (χ0) is 28.7. The Bertz CT molecular complexity index is 1650. The van der Waals surface area contributed by atoms with Crippen LogP contribution in [0.4, 0.5) is 24.5 Å². The van der Waals surface area contributed by atoms with Gasteiger partial charge in [-0.05, 0) is 66.3 Å². The summed E-state index contributed by atoms with van der Waals surface area (Å²) in [5.74, 6) is -0.718. The SMILES string of the molecule is CNC(=O)c1c(-c2ccc(F)cc2)oc2cc(N(Cc3ccc([N+](=O)[O-])c(C(F)F)c3)S(=O)O)c(C3CC3)cc12. The fourth-order valence-electron chi connectivity index (χ4n) is 4.67. The third-order valence-electron chi connectivity index (χ3n) is 6.72. The van der Waals surface area contributed by atoms with Crippen molar-refractivity contribution in [3.63, 3.8) is 0 Å². The van der Waals surface area contributed by atoms with Crippen LogP contribution >= 0.6 is 0 Å². The first-order valence-electron chi connectivity index (χ1n) is 12.1. The molecule has 0 saturated heterocycles. The molecule has 0 spiro atoms. The maximum Gasteiger partial charge on any atom is 0.278 e. The largest absolute Gasteiger partial charge is 0.455 e. The highest BCUT2D eigenvalue weighted by molar-refractivity contribution is 7.80. The molecule has 13 heteroatoms. The molecule has 0 bridgehead atoms. The monoisotopic (exact) mass is 573 g/mol. The standard InChI is InChI=1S/C27H22F3N3O6S/c1-31-27(34)24-20-11-18(15-3-4-15)22(12-23(20)39-25(24)16-5-7-17(28)8-6-16)32(40(37)38)13-14-2-9-21(33(35)36)19(10-14)26(29)30/h2,5-12,15,26H,3-4,13H2,1H3,(H,31,34)(H,37,38). The number of hydrogen-bond acceptors (Lipinski definition) is 5. The number of furan rings is 1. The number of carbonyl (C=O) groups excluding carboxylic acids is 1. The quantitative estimate of drug-likeness (QED) is 0.134. The first-order valence-corrected chi connectivity index (χ1v) is 13.2. The number of hydrogen-bond donors (Lipinski definition) is 2. The first-order chi connectivity index (χ1) is 19.1. The first kappa shape index (κ1) is 27.3. The van der Waals surface area contributed by atoms with E-state index in [4.69, 9.17) is 4.42 Å². The van der Waals surface area contributed by atoms with Gasteiger partial charge in [0.05, 0.1) is 28.3 Å². The Balaban J connectivity index is 1.66. The topological polar surface area (TPSA) is 126 Å². The Morgan fingerprint density at radius 3 is 2.48 bits per heavy atom. The van der Waals surface area contributed by atoms with Crippen molar-refractivity contribution in [3.8, 4) is 11.3 Å². The van der Waals surface area contributed by atoms with E-state index in [1.54, 1.807) is 6.07 Å². The molecule has 0 radical (unpaired) electrons. The molecule has 4 aromatic rings. The van der Waals surface area contributed by atoms with Gasteiger partial charge in [0.15, 0.2) is 0 Å². The van der Waals surface area contributed by atoms with Crippen LogP contribution in [0.25, 0.3) is 22.3 Å². The summed E-state index contributed by atoms with van der Waals surface area (Å²) in [6.45, 7) is -0.320. The molecule has 1 amide bonds. The Morgan fingerprint density at radius 1 is 1.20 bits per heavy atom. The maximum atomic E-state index is 13.6. The molecule has 1 saturated carbocycles. The van der Waals surface area contributed by atoms with Gasteiger partial charge in [-0.1, -0.05) is 6.07 Å². The summed E-state index contributed by atoms with van der Waals surface area (Å²) >= 11 is -2.63. The highest BCUT2D eigenvalue weighted by Gasteiger charge is 2.33. The van der Waals surface area contributed by atoms with E-state index in [0.717, 1.165) is 29.3 Å². The van der Waals surface area contributed by atoms with E-state index in [2.05, 4.69) is 5.32 Å². The highest BCUT2D eigenvalue weighted by Crippen LogP contribution is 2.48. The molecule has 3 aromatic carbocycles. The lowest BCUT2D eigenvalue weighted by Gasteiger charge is -2.23. The fourth-order valence-corrected chi connectivity index (χ4v) is 5.26. The van der Waals surface area contributed by atoms with Gasteiger partial charge in [0.1, 0.15) is 17.2 Å². The summed E-state index contributed by atoms with van der Waals surface area (Å²) in [7, 11) is 1.46. The molecule has 5 rings (SSSR count). The fraction of sp³-hybridized carbons (Fsp3) is 0.222. The number of benzene rings is 3. The summed E-state index contributed by atoms with van der Waals surface area (Å²) in [5, 5.41) is 14.2. The minimum absolute atomic E-state index is 0.0145. The van der Waals surface area contributed by atoms with E-state index in [-0.39, 0.29) is 40.6 Å². The molecule has 1 aliphatic rings. The molecule has 0 aliphatic heterocycles. The summed E-state index contributed by atoms with van der Waals surface area (Å²) in [5.41, 5.74) is 0.422. The molecule has 40 heavy (non-hydrogen) atoms. The van der Waals surface area contributed by atoms with E-state index in [0.29, 0.717) is 16.5 Å². The van der Waals surface area contributed by atoms with Crippen molar-refractivity contribution in [1.29, 1.82) is 0 Å². The average molecular weight is 574 g/mol. The predicted octanol–water partition coefficient (Wildman–Crippen LogP) is 6.47. The molecule has 1 aromatic heterocycles. The second-order valence-electron chi connectivity index (χ2n) is 9.29. The molecule has 1 atom stereocenters. The number of carbonyl (C=O) groups is 1. The molecule has 1 heterocycles. The highest BCUT2D eigenvalue weighted by atomic mass is 32.2. The van der Waals surface area contributed by atoms with Crippen LogP contribution in [0.2, 0.25) is 0 Å². The van der Waals surface area contributed by atoms with Crippen molar-refractivity contribution >= 4 is 39.5 Å². The van der Waals surface area contributed by atoms with Crippen molar-refractivity contribution in [1.82, 2.24) is 5.32 Å². The molecule has 9 nitrogen and oxygen atoms in total. The van der Waals surface area contributed by atoms with Crippen LogP contribution in [0, 0.1) is 15.9 Å². The predicted molar refractivity (Wildman–Crippen MR) is 142 cm³/mol. The number of nitrogens with zero attached hydrogens (tertiary/aromatic N) is 2. The van der Waals surface area contributed by atoms with Gasteiger partial charge in [-0.15, -0.1) is 0 Å². The van der Waals surface area contributed by atoms with Gasteiger partial charge in [-0.25, -0.2) is 17.4 Å². The van der Waals surface area contributed by atoms with Gasteiger partial charge in [0, 0.05) is 30.1 Å². The van der Waals surface area contributed by atoms with Crippen LogP contribution in [-0.2, 0) is 17.8 Å². The van der Waals surface area contributed by atoms with E-state index in [1.807, 2.05) is 0 Å². The average Bonchev–Trinajstić information content (AvgIpc) is 3.71. The number of nitrogens with one attached hydrogen (secondary N) is 1. The molecule has 208 valence electrons. The number of nitro groups is 1. The Labute approximate surface area is 228 Å². The second kappa shape index (κ2) is 10.7. The number of rotatable bonds is 9. The number of alkyl halides is 2. The number of fused-ring (bicyclic) bond motifs is 1. The summed E-state index contributed by atoms with van der Waals surface area (Å²) in [6.07, 6.45) is -1.55. The zero-order valence-corrected chi connectivity index (χ0v) is 21.7. The summed E-state index contributed by atoms with van der Waals surface area (Å²) in [6, 6.07) is 11.7. The van der Waals surface area contributed by atoms with Crippen molar-refractivity contribution in [2.24, 2.45) is 0 Å². The van der Waals surface area contributed by atoms with Crippen LogP contribution in [0.3, 0.4) is 0 Å². The Hall–Kier alpha value is -4.23. The molecule has 1 fully saturated rings. The van der Waals surface area contributed by atoms with Gasteiger partial charge < -0.3 is 9.73 Å². The van der Waals surface area contributed by atoms with Crippen molar-refractivity contribution in [2.45, 2.75) is 31.7 Å². The van der Waals surface area contributed by atoms with Crippen LogP contribution < -0.4 is 9.62 Å². The number of halogens is 3. The Morgan fingerprint density at radius 2 is 1.90 bits per heavy atom. The van der Waals surface area contributed by atoms with Gasteiger partial charge in [-0.2, -0.15) is 0 Å². The number of anilines is 1. The smallest absolute Gasteiger partial charge is 0.278 e. The van der Waals surface area contributed by atoms with Gasteiger partial charge in [-0.3, -0.25) is 23.8 Å². The van der Waals surface area contributed by atoms with Gasteiger partial charge >= 0.3 is 0 Å². The molecule has 2 N–H and O–H groups in total. The maximum absolute atomic E-state index is 13.6. The van der Waals surface area contributed by atoms with Crippen molar-refractivity contribution < 1.29 is 36.1 Å². The summed E-state index contributed by atoms with van der Waals surface area (Å²) in [4.78, 5) is 23.2. The minimum atomic E-state index is -3.12. The Kier molecular flexibility index (Phi) is 7.34. The van der Waals surface area contributed by atoms with Crippen LogP contribution in [0.1, 0.15) is 52.2 Å². The number of amides is 1. The van der Waals surface area contributed by atoms with E-state index in [1.165, 1.54) is 43.4 Å². The van der Waals surface area contributed by atoms with Crippen molar-refractivity contribution in [3.05, 3.63) is 92.8 Å². The molecule has 1 unspecified atom stereocenters. The van der Waals surface area contributed by atoms with E-state index in [9.17, 15) is 36.8 Å². The molecule has 1 aliphatic carbocycles. The van der Waals surface area contributed by atoms with E-state index >= 15 is 0 Å². The summed E-state index contributed by atoms with van der Waals surface area (Å²) < 4.78 is 70.6. The van der Waals surface area contributed by atoms with Crippen molar-refractivity contribution in [2.75, 3.05) is 11.4 Å². The van der Waals surface area contributed by atoms with Gasteiger partial charge in [0.25, 0.3) is 29.3 Å². The lowest BCUT2D eigenvalue weighted by atomic mass is 10.00.